The SMILES string of the molecule is C=CC(=O)Oc1ccc(C(=C)c2ccccc2)cc1. The predicted molar refractivity (Wildman–Crippen MR) is 76.9 cm³/mol. The fraction of sp³-hybridized carbons (Fsp3) is 0. The fourth-order valence-electron chi connectivity index (χ4n) is 1.69. The minimum absolute atomic E-state index is 0.463. The summed E-state index contributed by atoms with van der Waals surface area (Å²) in [5.41, 5.74) is 2.99. The van der Waals surface area contributed by atoms with E-state index in [0.29, 0.717) is 5.75 Å². The first kappa shape index (κ1) is 12.8. The van der Waals surface area contributed by atoms with E-state index in [9.17, 15) is 4.79 Å². The molecule has 0 unspecified atom stereocenters. The van der Waals surface area contributed by atoms with Crippen molar-refractivity contribution in [3.05, 3.63) is 85.0 Å². The molecule has 19 heavy (non-hydrogen) atoms. The van der Waals surface area contributed by atoms with Crippen LogP contribution in [0.1, 0.15) is 11.1 Å². The molecule has 94 valence electrons. The van der Waals surface area contributed by atoms with Crippen LogP contribution in [0.25, 0.3) is 5.57 Å². The molecule has 2 aromatic rings. The average Bonchev–Trinajstić information content (AvgIpc) is 2.48. The first-order valence-corrected chi connectivity index (χ1v) is 5.89. The number of hydrogen-bond donors (Lipinski definition) is 0. The van der Waals surface area contributed by atoms with Gasteiger partial charge in [0.25, 0.3) is 0 Å². The van der Waals surface area contributed by atoms with Gasteiger partial charge in [0.2, 0.25) is 0 Å². The Morgan fingerprint density at radius 1 is 0.947 bits per heavy atom. The summed E-state index contributed by atoms with van der Waals surface area (Å²) in [7, 11) is 0. The maximum atomic E-state index is 11.1. The number of benzene rings is 2. The van der Waals surface area contributed by atoms with Crippen LogP contribution in [0.4, 0.5) is 0 Å². The summed E-state index contributed by atoms with van der Waals surface area (Å²) in [6.45, 7) is 7.43. The number of esters is 1. The van der Waals surface area contributed by atoms with E-state index in [4.69, 9.17) is 4.74 Å². The van der Waals surface area contributed by atoms with Crippen molar-refractivity contribution in [3.8, 4) is 5.75 Å². The lowest BCUT2D eigenvalue weighted by molar-refractivity contribution is -0.128. The number of carbonyl (C=O) groups excluding carboxylic acids is 1. The number of carbonyl (C=O) groups is 1. The van der Waals surface area contributed by atoms with Crippen molar-refractivity contribution >= 4 is 11.5 Å². The highest BCUT2D eigenvalue weighted by molar-refractivity contribution is 5.83. The largest absolute Gasteiger partial charge is 0.423 e. The Morgan fingerprint density at radius 2 is 1.53 bits per heavy atom. The van der Waals surface area contributed by atoms with E-state index in [-0.39, 0.29) is 0 Å². The Bertz CT molecular complexity index is 595. The van der Waals surface area contributed by atoms with Gasteiger partial charge in [0, 0.05) is 6.08 Å². The van der Waals surface area contributed by atoms with Crippen LogP contribution in [0, 0.1) is 0 Å². The molecule has 0 N–H and O–H groups in total. The van der Waals surface area contributed by atoms with Crippen LogP contribution in [0.15, 0.2) is 73.8 Å². The van der Waals surface area contributed by atoms with Crippen LogP contribution in [-0.4, -0.2) is 5.97 Å². The Balaban J connectivity index is 2.17. The summed E-state index contributed by atoms with van der Waals surface area (Å²) in [5, 5.41) is 0. The van der Waals surface area contributed by atoms with Crippen molar-refractivity contribution in [2.45, 2.75) is 0 Å². The van der Waals surface area contributed by atoms with Gasteiger partial charge in [-0.15, -0.1) is 0 Å². The van der Waals surface area contributed by atoms with Crippen LogP contribution >= 0.6 is 0 Å². The average molecular weight is 250 g/mol. The highest BCUT2D eigenvalue weighted by Gasteiger charge is 2.03. The molecule has 0 saturated carbocycles. The van der Waals surface area contributed by atoms with Crippen LogP contribution in [0.2, 0.25) is 0 Å². The van der Waals surface area contributed by atoms with Gasteiger partial charge in [-0.1, -0.05) is 55.6 Å². The molecule has 2 nitrogen and oxygen atoms in total. The lowest BCUT2D eigenvalue weighted by atomic mass is 10.00. The lowest BCUT2D eigenvalue weighted by Crippen LogP contribution is -2.02. The maximum absolute atomic E-state index is 11.1. The zero-order valence-electron chi connectivity index (χ0n) is 10.5. The monoisotopic (exact) mass is 250 g/mol. The standard InChI is InChI=1S/C17H14O2/c1-3-17(18)19-16-11-9-15(10-12-16)13(2)14-7-5-4-6-8-14/h3-12H,1-2H2. The highest BCUT2D eigenvalue weighted by atomic mass is 16.5. The molecule has 0 radical (unpaired) electrons. The third kappa shape index (κ3) is 3.19. The Kier molecular flexibility index (Phi) is 3.94. The van der Waals surface area contributed by atoms with Crippen molar-refractivity contribution in [3.63, 3.8) is 0 Å². The zero-order chi connectivity index (χ0) is 13.7. The maximum Gasteiger partial charge on any atom is 0.335 e. The Labute approximate surface area is 112 Å². The molecule has 0 aromatic heterocycles. The van der Waals surface area contributed by atoms with Crippen LogP contribution in [0.3, 0.4) is 0 Å². The van der Waals surface area contributed by atoms with Crippen LogP contribution in [-0.2, 0) is 4.79 Å². The summed E-state index contributed by atoms with van der Waals surface area (Å²) in [6.07, 6.45) is 1.14. The second kappa shape index (κ2) is 5.83. The van der Waals surface area contributed by atoms with E-state index in [1.807, 2.05) is 42.5 Å². The van der Waals surface area contributed by atoms with Crippen LogP contribution in [0.5, 0.6) is 5.75 Å². The topological polar surface area (TPSA) is 26.3 Å². The van der Waals surface area contributed by atoms with E-state index in [1.54, 1.807) is 12.1 Å². The highest BCUT2D eigenvalue weighted by Crippen LogP contribution is 2.23. The summed E-state index contributed by atoms with van der Waals surface area (Å²) in [6, 6.07) is 17.2. The Morgan fingerprint density at radius 3 is 2.11 bits per heavy atom. The summed E-state index contributed by atoms with van der Waals surface area (Å²) in [4.78, 5) is 11.1. The first-order valence-electron chi connectivity index (χ1n) is 5.89. The molecule has 0 heterocycles. The van der Waals surface area contributed by atoms with Crippen LogP contribution < -0.4 is 4.74 Å². The molecular formula is C17H14O2. The first-order chi connectivity index (χ1) is 9.20. The van der Waals surface area contributed by atoms with Gasteiger partial charge in [0.15, 0.2) is 0 Å². The van der Waals surface area contributed by atoms with Crippen molar-refractivity contribution in [1.29, 1.82) is 0 Å². The molecule has 0 spiro atoms. The predicted octanol–water partition coefficient (Wildman–Crippen LogP) is 3.84. The molecule has 2 rings (SSSR count). The van der Waals surface area contributed by atoms with Crippen molar-refractivity contribution < 1.29 is 9.53 Å². The molecule has 2 aromatic carbocycles. The number of ether oxygens (including phenoxy) is 1. The molecular weight excluding hydrogens is 236 g/mol. The van der Waals surface area contributed by atoms with E-state index >= 15 is 0 Å². The molecule has 0 aliphatic rings. The van der Waals surface area contributed by atoms with E-state index < -0.39 is 5.97 Å². The van der Waals surface area contributed by atoms with E-state index in [2.05, 4.69) is 13.2 Å². The molecule has 0 bridgehead atoms. The molecule has 0 saturated heterocycles. The lowest BCUT2D eigenvalue weighted by Gasteiger charge is -2.07. The summed E-state index contributed by atoms with van der Waals surface area (Å²) in [5.74, 6) is 0.0316. The van der Waals surface area contributed by atoms with Gasteiger partial charge in [-0.3, -0.25) is 0 Å². The zero-order valence-corrected chi connectivity index (χ0v) is 10.5. The quantitative estimate of drug-likeness (QED) is 0.468. The van der Waals surface area contributed by atoms with Gasteiger partial charge in [-0.2, -0.15) is 0 Å². The minimum Gasteiger partial charge on any atom is -0.423 e. The third-order valence-corrected chi connectivity index (χ3v) is 2.71. The van der Waals surface area contributed by atoms with Gasteiger partial charge in [0.1, 0.15) is 5.75 Å². The molecule has 0 atom stereocenters. The van der Waals surface area contributed by atoms with Gasteiger partial charge in [-0.25, -0.2) is 4.79 Å². The molecule has 0 amide bonds. The normalized spacial score (nSPS) is 9.68. The van der Waals surface area contributed by atoms with Crippen molar-refractivity contribution in [2.24, 2.45) is 0 Å². The van der Waals surface area contributed by atoms with Crippen molar-refractivity contribution in [2.75, 3.05) is 0 Å². The molecule has 0 aliphatic heterocycles. The summed E-state index contributed by atoms with van der Waals surface area (Å²) >= 11 is 0. The summed E-state index contributed by atoms with van der Waals surface area (Å²) < 4.78 is 5.02. The molecule has 0 fully saturated rings. The van der Waals surface area contributed by atoms with Gasteiger partial charge >= 0.3 is 5.97 Å². The van der Waals surface area contributed by atoms with Gasteiger partial charge < -0.3 is 4.74 Å². The number of hydrogen-bond acceptors (Lipinski definition) is 2. The van der Waals surface area contributed by atoms with Gasteiger partial charge in [0.05, 0.1) is 0 Å². The molecule has 0 aliphatic carbocycles. The van der Waals surface area contributed by atoms with E-state index in [0.717, 1.165) is 22.8 Å². The van der Waals surface area contributed by atoms with E-state index in [1.165, 1.54) is 0 Å². The molecule has 2 heteroatoms. The second-order valence-electron chi connectivity index (χ2n) is 3.99. The minimum atomic E-state index is -0.463. The number of rotatable bonds is 4. The third-order valence-electron chi connectivity index (χ3n) is 2.71. The van der Waals surface area contributed by atoms with Gasteiger partial charge in [-0.05, 0) is 28.8 Å². The Hall–Kier alpha value is -2.61. The van der Waals surface area contributed by atoms with Crippen molar-refractivity contribution in [1.82, 2.24) is 0 Å². The second-order valence-corrected chi connectivity index (χ2v) is 3.99. The fourth-order valence-corrected chi connectivity index (χ4v) is 1.69. The smallest absolute Gasteiger partial charge is 0.335 e.